The Kier molecular flexibility index (Phi) is 2.72. The molecule has 15 heavy (non-hydrogen) atoms. The number of rotatable bonds is 2. The van der Waals surface area contributed by atoms with Gasteiger partial charge in [-0.15, -0.1) is 11.3 Å². The Hall–Kier alpha value is -1.76. The molecule has 7 heteroatoms. The molecule has 1 amide bonds. The SMILES string of the molecule is Cn1ccsc1=NC(=O)Cn1cncn1. The van der Waals surface area contributed by atoms with Crippen molar-refractivity contribution in [2.24, 2.45) is 12.0 Å². The molecule has 0 aliphatic heterocycles. The zero-order valence-electron chi connectivity index (χ0n) is 8.07. The molecule has 2 heterocycles. The molecule has 0 bridgehead atoms. The van der Waals surface area contributed by atoms with Crippen LogP contribution in [-0.2, 0) is 18.4 Å². The van der Waals surface area contributed by atoms with Crippen molar-refractivity contribution in [1.82, 2.24) is 19.3 Å². The Labute approximate surface area is 89.5 Å². The molecule has 0 unspecified atom stereocenters. The lowest BCUT2D eigenvalue weighted by atomic mass is 10.6. The maximum atomic E-state index is 11.5. The lowest BCUT2D eigenvalue weighted by Crippen LogP contribution is -2.16. The first-order chi connectivity index (χ1) is 7.25. The summed E-state index contributed by atoms with van der Waals surface area (Å²) in [5, 5.41) is 5.71. The van der Waals surface area contributed by atoms with E-state index in [9.17, 15) is 4.79 Å². The van der Waals surface area contributed by atoms with Crippen LogP contribution in [0.1, 0.15) is 0 Å². The van der Waals surface area contributed by atoms with Crippen molar-refractivity contribution >= 4 is 17.2 Å². The highest BCUT2D eigenvalue weighted by atomic mass is 32.1. The lowest BCUT2D eigenvalue weighted by molar-refractivity contribution is -0.118. The van der Waals surface area contributed by atoms with E-state index in [-0.39, 0.29) is 12.5 Å². The van der Waals surface area contributed by atoms with Gasteiger partial charge in [0.15, 0.2) is 4.80 Å². The topological polar surface area (TPSA) is 65.1 Å². The standard InChI is InChI=1S/C8H9N5OS/c1-12-2-3-15-8(12)11-7(14)4-13-6-9-5-10-13/h2-3,5-6H,4H2,1H3. The van der Waals surface area contributed by atoms with Gasteiger partial charge in [-0.3, -0.25) is 4.79 Å². The van der Waals surface area contributed by atoms with Gasteiger partial charge in [-0.05, 0) is 0 Å². The molecule has 6 nitrogen and oxygen atoms in total. The molecule has 78 valence electrons. The third kappa shape index (κ3) is 2.38. The van der Waals surface area contributed by atoms with Crippen LogP contribution in [0.4, 0.5) is 0 Å². The minimum Gasteiger partial charge on any atom is -0.327 e. The fourth-order valence-corrected chi connectivity index (χ4v) is 1.78. The van der Waals surface area contributed by atoms with Gasteiger partial charge in [0.1, 0.15) is 19.2 Å². The van der Waals surface area contributed by atoms with E-state index < -0.39 is 0 Å². The Morgan fingerprint density at radius 3 is 3.13 bits per heavy atom. The fraction of sp³-hybridized carbons (Fsp3) is 0.250. The quantitative estimate of drug-likeness (QED) is 0.708. The second-order valence-corrected chi connectivity index (χ2v) is 3.77. The van der Waals surface area contributed by atoms with Crippen molar-refractivity contribution in [1.29, 1.82) is 0 Å². The summed E-state index contributed by atoms with van der Waals surface area (Å²) in [5.74, 6) is -0.237. The third-order valence-electron chi connectivity index (χ3n) is 1.74. The van der Waals surface area contributed by atoms with Crippen LogP contribution >= 0.6 is 11.3 Å². The van der Waals surface area contributed by atoms with E-state index in [1.54, 1.807) is 4.57 Å². The van der Waals surface area contributed by atoms with Crippen LogP contribution in [0.15, 0.2) is 29.2 Å². The first-order valence-corrected chi connectivity index (χ1v) is 5.14. The molecule has 0 aliphatic rings. The number of hydrogen-bond donors (Lipinski definition) is 0. The van der Waals surface area contributed by atoms with Gasteiger partial charge < -0.3 is 4.57 Å². The summed E-state index contributed by atoms with van der Waals surface area (Å²) in [6, 6.07) is 0. The first-order valence-electron chi connectivity index (χ1n) is 4.26. The van der Waals surface area contributed by atoms with Crippen molar-refractivity contribution in [3.8, 4) is 0 Å². The van der Waals surface area contributed by atoms with Crippen LogP contribution in [0.5, 0.6) is 0 Å². The van der Waals surface area contributed by atoms with Crippen molar-refractivity contribution in [3.05, 3.63) is 29.0 Å². The summed E-state index contributed by atoms with van der Waals surface area (Å²) in [5.41, 5.74) is 0. The molecule has 2 rings (SSSR count). The Balaban J connectivity index is 2.14. The van der Waals surface area contributed by atoms with Crippen LogP contribution in [0, 0.1) is 0 Å². The summed E-state index contributed by atoms with van der Waals surface area (Å²) < 4.78 is 3.24. The van der Waals surface area contributed by atoms with Crippen LogP contribution in [-0.4, -0.2) is 25.2 Å². The zero-order chi connectivity index (χ0) is 10.7. The number of amides is 1. The molecular weight excluding hydrogens is 214 g/mol. The smallest absolute Gasteiger partial charge is 0.270 e. The molecule has 0 saturated heterocycles. The molecule has 0 fully saturated rings. The second-order valence-electron chi connectivity index (χ2n) is 2.90. The van der Waals surface area contributed by atoms with Crippen molar-refractivity contribution in [3.63, 3.8) is 0 Å². The van der Waals surface area contributed by atoms with Gasteiger partial charge in [-0.25, -0.2) is 9.67 Å². The van der Waals surface area contributed by atoms with Gasteiger partial charge in [0.2, 0.25) is 0 Å². The van der Waals surface area contributed by atoms with Gasteiger partial charge in [0, 0.05) is 18.6 Å². The van der Waals surface area contributed by atoms with Crippen LogP contribution in [0.3, 0.4) is 0 Å². The molecule has 0 atom stereocenters. The number of carbonyl (C=O) groups excluding carboxylic acids is 1. The molecular formula is C8H9N5OS. The summed E-state index contributed by atoms with van der Waals surface area (Å²) >= 11 is 1.42. The lowest BCUT2D eigenvalue weighted by Gasteiger charge is -1.94. The third-order valence-corrected chi connectivity index (χ3v) is 2.59. The molecule has 0 aliphatic carbocycles. The van der Waals surface area contributed by atoms with E-state index in [4.69, 9.17) is 0 Å². The summed E-state index contributed by atoms with van der Waals surface area (Å²) in [7, 11) is 1.85. The van der Waals surface area contributed by atoms with Crippen LogP contribution in [0.25, 0.3) is 0 Å². The number of hydrogen-bond acceptors (Lipinski definition) is 4. The van der Waals surface area contributed by atoms with E-state index in [2.05, 4.69) is 15.1 Å². The Bertz CT molecular complexity index is 509. The van der Waals surface area contributed by atoms with Crippen LogP contribution < -0.4 is 4.80 Å². The highest BCUT2D eigenvalue weighted by Crippen LogP contribution is 1.88. The number of aromatic nitrogens is 4. The van der Waals surface area contributed by atoms with Crippen molar-refractivity contribution < 1.29 is 4.79 Å². The first kappa shape index (κ1) is 9.78. The zero-order valence-corrected chi connectivity index (χ0v) is 8.89. The fourth-order valence-electron chi connectivity index (χ4n) is 1.03. The molecule has 2 aromatic rings. The molecule has 2 aromatic heterocycles. The van der Waals surface area contributed by atoms with Gasteiger partial charge in [-0.2, -0.15) is 10.1 Å². The number of aryl methyl sites for hydroxylation is 1. The second kappa shape index (κ2) is 4.18. The normalized spacial score (nSPS) is 11.9. The Morgan fingerprint density at radius 2 is 2.53 bits per heavy atom. The maximum absolute atomic E-state index is 11.5. The number of carbonyl (C=O) groups is 1. The molecule has 0 N–H and O–H groups in total. The van der Waals surface area contributed by atoms with Gasteiger partial charge >= 0.3 is 0 Å². The van der Waals surface area contributed by atoms with E-state index >= 15 is 0 Å². The predicted molar refractivity (Wildman–Crippen MR) is 53.9 cm³/mol. The molecule has 0 radical (unpaired) electrons. The minimum atomic E-state index is -0.237. The monoisotopic (exact) mass is 223 g/mol. The van der Waals surface area contributed by atoms with Gasteiger partial charge in [-0.1, -0.05) is 0 Å². The summed E-state index contributed by atoms with van der Waals surface area (Å²) in [6.45, 7) is 0.123. The number of thiazole rings is 1. The van der Waals surface area contributed by atoms with Crippen LogP contribution in [0.2, 0.25) is 0 Å². The summed E-state index contributed by atoms with van der Waals surface area (Å²) in [6.07, 6.45) is 4.73. The van der Waals surface area contributed by atoms with Gasteiger partial charge in [0.05, 0.1) is 0 Å². The highest BCUT2D eigenvalue weighted by Gasteiger charge is 2.01. The molecule has 0 spiro atoms. The summed E-state index contributed by atoms with van der Waals surface area (Å²) in [4.78, 5) is 19.8. The van der Waals surface area contributed by atoms with E-state index in [0.717, 1.165) is 0 Å². The molecule has 0 aromatic carbocycles. The van der Waals surface area contributed by atoms with Crippen molar-refractivity contribution in [2.45, 2.75) is 6.54 Å². The van der Waals surface area contributed by atoms with E-state index in [0.29, 0.717) is 4.80 Å². The van der Waals surface area contributed by atoms with E-state index in [1.807, 2.05) is 18.6 Å². The largest absolute Gasteiger partial charge is 0.327 e. The highest BCUT2D eigenvalue weighted by molar-refractivity contribution is 7.07. The Morgan fingerprint density at radius 1 is 1.67 bits per heavy atom. The number of nitrogens with zero attached hydrogens (tertiary/aromatic N) is 5. The predicted octanol–water partition coefficient (Wildman–Crippen LogP) is -0.194. The van der Waals surface area contributed by atoms with Gasteiger partial charge in [0.25, 0.3) is 5.91 Å². The minimum absolute atomic E-state index is 0.123. The average Bonchev–Trinajstić information content (AvgIpc) is 2.79. The van der Waals surface area contributed by atoms with Crippen molar-refractivity contribution in [2.75, 3.05) is 0 Å². The average molecular weight is 223 g/mol. The molecule has 0 saturated carbocycles. The maximum Gasteiger partial charge on any atom is 0.270 e. The van der Waals surface area contributed by atoms with E-state index in [1.165, 1.54) is 28.7 Å².